The molecule has 0 aliphatic rings. The number of hydrogen-bond donors (Lipinski definition) is 0. The Morgan fingerprint density at radius 3 is 1.20 bits per heavy atom. The summed E-state index contributed by atoms with van der Waals surface area (Å²) in [7, 11) is 9.39. The summed E-state index contributed by atoms with van der Waals surface area (Å²) in [5.74, 6) is 0. The lowest BCUT2D eigenvalue weighted by atomic mass is 10.1. The van der Waals surface area contributed by atoms with Gasteiger partial charge in [-0.2, -0.15) is 0 Å². The lowest BCUT2D eigenvalue weighted by Crippen LogP contribution is -2.40. The average molecular weight is 407 g/mol. The summed E-state index contributed by atoms with van der Waals surface area (Å²) in [4.78, 5) is 0. The summed E-state index contributed by atoms with van der Waals surface area (Å²) >= 11 is 0. The quantitative estimate of drug-likeness (QED) is 0.267. The van der Waals surface area contributed by atoms with Crippen LogP contribution in [0.15, 0.2) is 61.7 Å². The fourth-order valence-electron chi connectivity index (χ4n) is 4.10. The van der Waals surface area contributed by atoms with E-state index in [1.807, 2.05) is 12.2 Å². The van der Waals surface area contributed by atoms with Gasteiger partial charge >= 0.3 is 0 Å². The van der Waals surface area contributed by atoms with E-state index in [2.05, 4.69) is 89.9 Å². The van der Waals surface area contributed by atoms with Gasteiger partial charge in [-0.15, -0.1) is 0 Å². The molecule has 0 aliphatic heterocycles. The highest BCUT2D eigenvalue weighted by Crippen LogP contribution is 2.16. The number of unbranched alkanes of at least 4 members (excludes halogenated alkanes) is 3. The van der Waals surface area contributed by atoms with Crippen molar-refractivity contribution in [3.63, 3.8) is 0 Å². The van der Waals surface area contributed by atoms with Gasteiger partial charge in [-0.05, 0) is 36.8 Å². The van der Waals surface area contributed by atoms with Crippen molar-refractivity contribution in [3.05, 3.63) is 83.9 Å². The number of hydrogen-bond acceptors (Lipinski definition) is 0. The minimum atomic E-state index is 1.05. The van der Waals surface area contributed by atoms with Crippen molar-refractivity contribution in [2.75, 3.05) is 41.3 Å². The molecule has 0 atom stereocenters. The van der Waals surface area contributed by atoms with Crippen LogP contribution in [0.3, 0.4) is 0 Å². The lowest BCUT2D eigenvalue weighted by molar-refractivity contribution is -0.904. The Hall–Kier alpha value is -2.16. The van der Waals surface area contributed by atoms with Crippen LogP contribution in [0.25, 0.3) is 12.2 Å². The maximum Gasteiger partial charge on any atom is 0.104 e. The largest absolute Gasteiger partial charge is 0.325 e. The molecule has 0 amide bonds. The second-order valence-corrected chi connectivity index (χ2v) is 9.94. The van der Waals surface area contributed by atoms with E-state index in [1.54, 1.807) is 0 Å². The van der Waals surface area contributed by atoms with E-state index in [0.29, 0.717) is 0 Å². The zero-order chi connectivity index (χ0) is 22.0. The highest BCUT2D eigenvalue weighted by molar-refractivity contribution is 5.47. The van der Waals surface area contributed by atoms with Crippen molar-refractivity contribution >= 4 is 12.2 Å². The van der Waals surface area contributed by atoms with E-state index >= 15 is 0 Å². The molecule has 2 nitrogen and oxygen atoms in total. The molecule has 0 aliphatic carbocycles. The highest BCUT2D eigenvalue weighted by Gasteiger charge is 2.17. The van der Waals surface area contributed by atoms with Crippen LogP contribution in [0.4, 0.5) is 0 Å². The lowest BCUT2D eigenvalue weighted by Gasteiger charge is -2.31. The standard InChI is InChI=1S/C28H42N2/c1-7-25-13-17-27(18-14-25)23-29(3,4)21-11-9-10-12-22-30(5,6)24-28-19-15-26(8-2)16-20-28/h7-8,13-20H,1-2,9-12,21-24H2,3-6H3/q+2. The van der Waals surface area contributed by atoms with E-state index in [0.717, 1.165) is 22.1 Å². The third kappa shape index (κ3) is 8.69. The zero-order valence-corrected chi connectivity index (χ0v) is 19.7. The Bertz CT molecular complexity index is 713. The van der Waals surface area contributed by atoms with Gasteiger partial charge in [-0.3, -0.25) is 0 Å². The Morgan fingerprint density at radius 1 is 0.567 bits per heavy atom. The molecule has 2 aromatic carbocycles. The summed E-state index contributed by atoms with van der Waals surface area (Å²) in [5, 5.41) is 0. The van der Waals surface area contributed by atoms with Gasteiger partial charge < -0.3 is 8.97 Å². The smallest absolute Gasteiger partial charge is 0.104 e. The third-order valence-electron chi connectivity index (χ3n) is 5.93. The average Bonchev–Trinajstić information content (AvgIpc) is 2.71. The highest BCUT2D eigenvalue weighted by atomic mass is 15.3. The summed E-state index contributed by atoms with van der Waals surface area (Å²) in [6.45, 7) is 12.3. The monoisotopic (exact) mass is 406 g/mol. The molecule has 2 rings (SSSR count). The Morgan fingerprint density at radius 2 is 0.900 bits per heavy atom. The van der Waals surface area contributed by atoms with E-state index in [9.17, 15) is 0 Å². The number of nitrogens with zero attached hydrogens (tertiary/aromatic N) is 2. The van der Waals surface area contributed by atoms with E-state index in [4.69, 9.17) is 0 Å². The van der Waals surface area contributed by atoms with Crippen LogP contribution in [-0.4, -0.2) is 50.2 Å². The van der Waals surface area contributed by atoms with E-state index in [-0.39, 0.29) is 0 Å². The predicted octanol–water partition coefficient (Wildman–Crippen LogP) is 6.39. The van der Waals surface area contributed by atoms with Crippen molar-refractivity contribution in [3.8, 4) is 0 Å². The normalized spacial score (nSPS) is 12.0. The van der Waals surface area contributed by atoms with Crippen LogP contribution in [0.2, 0.25) is 0 Å². The Labute approximate surface area is 185 Å². The minimum absolute atomic E-state index is 1.05. The van der Waals surface area contributed by atoms with Gasteiger partial charge in [0.05, 0.1) is 41.3 Å². The van der Waals surface area contributed by atoms with Crippen LogP contribution < -0.4 is 0 Å². The molecule has 162 valence electrons. The molecule has 2 aromatic rings. The first kappa shape index (κ1) is 24.1. The van der Waals surface area contributed by atoms with Crippen molar-refractivity contribution in [2.24, 2.45) is 0 Å². The summed E-state index contributed by atoms with van der Waals surface area (Å²) < 4.78 is 2.10. The summed E-state index contributed by atoms with van der Waals surface area (Å²) in [6, 6.07) is 17.6. The first-order chi connectivity index (χ1) is 14.2. The number of rotatable bonds is 13. The molecular formula is C28H42N2+2. The van der Waals surface area contributed by atoms with Crippen LogP contribution in [-0.2, 0) is 13.1 Å². The molecule has 30 heavy (non-hydrogen) atoms. The first-order valence-corrected chi connectivity index (χ1v) is 11.3. The van der Waals surface area contributed by atoms with Crippen LogP contribution in [0, 0.1) is 0 Å². The van der Waals surface area contributed by atoms with Crippen molar-refractivity contribution in [2.45, 2.75) is 38.8 Å². The van der Waals surface area contributed by atoms with Gasteiger partial charge in [-0.25, -0.2) is 0 Å². The Kier molecular flexibility index (Phi) is 9.08. The molecule has 0 spiro atoms. The third-order valence-corrected chi connectivity index (χ3v) is 5.93. The van der Waals surface area contributed by atoms with Crippen molar-refractivity contribution < 1.29 is 8.97 Å². The van der Waals surface area contributed by atoms with Gasteiger partial charge in [-0.1, -0.05) is 73.8 Å². The molecule has 0 bridgehead atoms. The molecule has 0 fully saturated rings. The fourth-order valence-corrected chi connectivity index (χ4v) is 4.10. The van der Waals surface area contributed by atoms with Crippen LogP contribution >= 0.6 is 0 Å². The molecule has 0 radical (unpaired) electrons. The van der Waals surface area contributed by atoms with Crippen LogP contribution in [0.5, 0.6) is 0 Å². The second kappa shape index (κ2) is 11.3. The zero-order valence-electron chi connectivity index (χ0n) is 19.7. The summed E-state index contributed by atoms with van der Waals surface area (Å²) in [5.41, 5.74) is 5.20. The molecule has 0 heterocycles. The van der Waals surface area contributed by atoms with Gasteiger partial charge in [0.2, 0.25) is 0 Å². The molecular weight excluding hydrogens is 364 g/mol. The first-order valence-electron chi connectivity index (χ1n) is 11.3. The molecule has 0 unspecified atom stereocenters. The molecule has 0 aromatic heterocycles. The van der Waals surface area contributed by atoms with Crippen molar-refractivity contribution in [1.29, 1.82) is 0 Å². The van der Waals surface area contributed by atoms with Gasteiger partial charge in [0.15, 0.2) is 0 Å². The van der Waals surface area contributed by atoms with Crippen LogP contribution in [0.1, 0.15) is 47.9 Å². The molecule has 0 saturated carbocycles. The summed E-state index contributed by atoms with van der Waals surface area (Å²) in [6.07, 6.45) is 9.06. The topological polar surface area (TPSA) is 0 Å². The molecule has 0 saturated heterocycles. The number of benzene rings is 2. The molecule has 2 heteroatoms. The number of quaternary nitrogens is 2. The maximum atomic E-state index is 3.83. The SMILES string of the molecule is C=Cc1ccc(C[N+](C)(C)CCCCCC[N+](C)(C)Cc2ccc(C=C)cc2)cc1. The van der Waals surface area contributed by atoms with E-state index in [1.165, 1.54) is 61.0 Å². The predicted molar refractivity (Wildman–Crippen MR) is 133 cm³/mol. The fraction of sp³-hybridized carbons (Fsp3) is 0.429. The maximum absolute atomic E-state index is 3.83. The second-order valence-electron chi connectivity index (χ2n) is 9.94. The van der Waals surface area contributed by atoms with Gasteiger partial charge in [0, 0.05) is 11.1 Å². The van der Waals surface area contributed by atoms with Crippen molar-refractivity contribution in [1.82, 2.24) is 0 Å². The Balaban J connectivity index is 1.65. The minimum Gasteiger partial charge on any atom is -0.325 e. The van der Waals surface area contributed by atoms with Gasteiger partial charge in [0.1, 0.15) is 13.1 Å². The van der Waals surface area contributed by atoms with Gasteiger partial charge in [0.25, 0.3) is 0 Å². The van der Waals surface area contributed by atoms with E-state index < -0.39 is 0 Å². The molecule has 0 N–H and O–H groups in total.